The minimum absolute atomic E-state index is 0.176. The van der Waals surface area contributed by atoms with E-state index in [0.29, 0.717) is 11.7 Å². The summed E-state index contributed by atoms with van der Waals surface area (Å²) >= 11 is 6.16. The van der Waals surface area contributed by atoms with E-state index in [4.69, 9.17) is 11.6 Å². The first-order chi connectivity index (χ1) is 9.70. The third kappa shape index (κ3) is 4.05. The van der Waals surface area contributed by atoms with Gasteiger partial charge in [0.1, 0.15) is 5.82 Å². The van der Waals surface area contributed by atoms with Gasteiger partial charge in [0.05, 0.1) is 11.4 Å². The lowest BCUT2D eigenvalue weighted by Gasteiger charge is -2.12. The molecule has 1 atom stereocenters. The van der Waals surface area contributed by atoms with E-state index < -0.39 is 0 Å². The molecule has 2 aromatic rings. The first-order valence-corrected chi connectivity index (χ1v) is 7.46. The Hall–Kier alpha value is -1.39. The number of nitrogens with zero attached hydrogens (tertiary/aromatic N) is 2. The van der Waals surface area contributed by atoms with Gasteiger partial charge in [-0.05, 0) is 25.5 Å². The molecule has 2 heterocycles. The number of aromatic nitrogens is 3. The zero-order chi connectivity index (χ0) is 14.4. The van der Waals surface area contributed by atoms with E-state index in [9.17, 15) is 0 Å². The molecule has 4 nitrogen and oxygen atoms in total. The molecular weight excluding hydrogens is 272 g/mol. The molecule has 2 N–H and O–H groups in total. The van der Waals surface area contributed by atoms with Gasteiger partial charge in [0.2, 0.25) is 0 Å². The highest BCUT2D eigenvalue weighted by molar-refractivity contribution is 6.30. The quantitative estimate of drug-likeness (QED) is 0.819. The van der Waals surface area contributed by atoms with Crippen molar-refractivity contribution in [2.75, 3.05) is 0 Å². The molecule has 5 heteroatoms. The highest BCUT2D eigenvalue weighted by atomic mass is 35.5. The summed E-state index contributed by atoms with van der Waals surface area (Å²) in [6, 6.07) is 6.10. The van der Waals surface area contributed by atoms with Crippen LogP contribution in [0.4, 0.5) is 0 Å². The summed E-state index contributed by atoms with van der Waals surface area (Å²) in [6.07, 6.45) is 5.04. The average molecular weight is 293 g/mol. The predicted octanol–water partition coefficient (Wildman–Crippen LogP) is 3.65. The van der Waals surface area contributed by atoms with Gasteiger partial charge < -0.3 is 10.3 Å². The second kappa shape index (κ2) is 7.41. The second-order valence-corrected chi connectivity index (χ2v) is 5.27. The molecule has 2 rings (SSSR count). The first-order valence-electron chi connectivity index (χ1n) is 7.08. The van der Waals surface area contributed by atoms with Crippen LogP contribution in [0.2, 0.25) is 5.15 Å². The number of hydrogen-bond acceptors (Lipinski definition) is 3. The van der Waals surface area contributed by atoms with Crippen LogP contribution in [0.3, 0.4) is 0 Å². The van der Waals surface area contributed by atoms with Gasteiger partial charge in [0, 0.05) is 25.2 Å². The van der Waals surface area contributed by atoms with Crippen LogP contribution in [0.25, 0.3) is 0 Å². The molecule has 0 aliphatic carbocycles. The Morgan fingerprint density at radius 1 is 1.40 bits per heavy atom. The molecule has 0 unspecified atom stereocenters. The molecule has 0 bridgehead atoms. The number of aromatic amines is 1. The maximum atomic E-state index is 6.16. The largest absolute Gasteiger partial charge is 0.344 e. The average Bonchev–Trinajstić information content (AvgIpc) is 2.83. The lowest BCUT2D eigenvalue weighted by molar-refractivity contribution is 0.556. The number of halogens is 1. The molecule has 0 saturated heterocycles. The standard InChI is InChI=1S/C15H21ClN4/c1-3-4-8-14-19-13(15(16)20-14)10-18-11(2)12-7-5-6-9-17-12/h5-7,9,11,18H,3-4,8,10H2,1-2H3,(H,19,20)/t11-/m1/s1. The van der Waals surface area contributed by atoms with Crippen molar-refractivity contribution in [1.82, 2.24) is 20.3 Å². The summed E-state index contributed by atoms with van der Waals surface area (Å²) in [5.41, 5.74) is 1.97. The molecule has 2 aromatic heterocycles. The number of rotatable bonds is 7. The van der Waals surface area contributed by atoms with Gasteiger partial charge >= 0.3 is 0 Å². The lowest BCUT2D eigenvalue weighted by Crippen LogP contribution is -2.19. The number of imidazole rings is 1. The van der Waals surface area contributed by atoms with Gasteiger partial charge in [-0.15, -0.1) is 0 Å². The minimum Gasteiger partial charge on any atom is -0.344 e. The van der Waals surface area contributed by atoms with Crippen LogP contribution in [0.1, 0.15) is 49.9 Å². The van der Waals surface area contributed by atoms with E-state index in [1.807, 2.05) is 18.2 Å². The highest BCUT2D eigenvalue weighted by Crippen LogP contribution is 2.16. The van der Waals surface area contributed by atoms with Crippen LogP contribution in [0.5, 0.6) is 0 Å². The molecule has 0 aromatic carbocycles. The summed E-state index contributed by atoms with van der Waals surface area (Å²) in [5, 5.41) is 3.97. The Balaban J connectivity index is 1.92. The third-order valence-corrected chi connectivity index (χ3v) is 3.57. The van der Waals surface area contributed by atoms with Crippen LogP contribution >= 0.6 is 11.6 Å². The van der Waals surface area contributed by atoms with Gasteiger partial charge in [-0.25, -0.2) is 4.98 Å². The van der Waals surface area contributed by atoms with Crippen LogP contribution in [-0.4, -0.2) is 15.0 Å². The Bertz CT molecular complexity index is 524. The molecule has 20 heavy (non-hydrogen) atoms. The predicted molar refractivity (Wildman–Crippen MR) is 81.7 cm³/mol. The molecule has 0 fully saturated rings. The van der Waals surface area contributed by atoms with Crippen molar-refractivity contribution in [3.8, 4) is 0 Å². The van der Waals surface area contributed by atoms with Crippen molar-refractivity contribution in [3.05, 3.63) is 46.8 Å². The lowest BCUT2D eigenvalue weighted by atomic mass is 10.2. The van der Waals surface area contributed by atoms with Crippen LogP contribution in [0, 0.1) is 0 Å². The third-order valence-electron chi connectivity index (χ3n) is 3.26. The van der Waals surface area contributed by atoms with E-state index >= 15 is 0 Å². The van der Waals surface area contributed by atoms with Crippen molar-refractivity contribution in [2.24, 2.45) is 0 Å². The van der Waals surface area contributed by atoms with E-state index in [1.165, 1.54) is 0 Å². The first kappa shape index (κ1) is 15.0. The van der Waals surface area contributed by atoms with Gasteiger partial charge in [-0.1, -0.05) is 31.0 Å². The number of nitrogens with one attached hydrogen (secondary N) is 2. The molecule has 0 spiro atoms. The van der Waals surface area contributed by atoms with E-state index in [2.05, 4.69) is 34.1 Å². The van der Waals surface area contributed by atoms with Crippen molar-refractivity contribution >= 4 is 11.6 Å². The molecule has 0 amide bonds. The van der Waals surface area contributed by atoms with Gasteiger partial charge in [0.25, 0.3) is 0 Å². The molecule has 0 aliphatic rings. The number of hydrogen-bond donors (Lipinski definition) is 2. The summed E-state index contributed by atoms with van der Waals surface area (Å²) in [7, 11) is 0. The second-order valence-electron chi connectivity index (χ2n) is 4.91. The summed E-state index contributed by atoms with van der Waals surface area (Å²) in [5.74, 6) is 0.971. The maximum Gasteiger partial charge on any atom is 0.151 e. The van der Waals surface area contributed by atoms with Gasteiger partial charge in [-0.2, -0.15) is 0 Å². The van der Waals surface area contributed by atoms with E-state index in [0.717, 1.165) is 36.5 Å². The Labute approximate surface area is 125 Å². The van der Waals surface area contributed by atoms with Crippen molar-refractivity contribution in [3.63, 3.8) is 0 Å². The highest BCUT2D eigenvalue weighted by Gasteiger charge is 2.10. The molecule has 0 saturated carbocycles. The fraction of sp³-hybridized carbons (Fsp3) is 0.467. The summed E-state index contributed by atoms with van der Waals surface area (Å²) < 4.78 is 0. The Morgan fingerprint density at radius 2 is 2.25 bits per heavy atom. The number of unbranched alkanes of at least 4 members (excludes halogenated alkanes) is 1. The minimum atomic E-state index is 0.176. The number of H-pyrrole nitrogens is 1. The monoisotopic (exact) mass is 292 g/mol. The van der Waals surface area contributed by atoms with Gasteiger partial charge in [-0.3, -0.25) is 4.98 Å². The van der Waals surface area contributed by atoms with Crippen LogP contribution in [0.15, 0.2) is 24.4 Å². The summed E-state index contributed by atoms with van der Waals surface area (Å²) in [6.45, 7) is 4.92. The SMILES string of the molecule is CCCCc1nc(Cl)c(CN[C@H](C)c2ccccn2)[nH]1. The molecule has 108 valence electrons. The molecular formula is C15H21ClN4. The Kier molecular flexibility index (Phi) is 5.56. The number of aryl methyl sites for hydroxylation is 1. The maximum absolute atomic E-state index is 6.16. The van der Waals surface area contributed by atoms with Crippen molar-refractivity contribution < 1.29 is 0 Å². The molecule has 0 aliphatic heterocycles. The topological polar surface area (TPSA) is 53.6 Å². The van der Waals surface area contributed by atoms with Crippen LogP contribution < -0.4 is 5.32 Å². The smallest absolute Gasteiger partial charge is 0.151 e. The van der Waals surface area contributed by atoms with Gasteiger partial charge in [0.15, 0.2) is 5.15 Å². The summed E-state index contributed by atoms with van der Waals surface area (Å²) in [4.78, 5) is 12.0. The fourth-order valence-corrected chi connectivity index (χ4v) is 2.23. The van der Waals surface area contributed by atoms with Crippen molar-refractivity contribution in [2.45, 2.75) is 45.7 Å². The van der Waals surface area contributed by atoms with E-state index in [1.54, 1.807) is 6.20 Å². The normalized spacial score (nSPS) is 12.6. The zero-order valence-electron chi connectivity index (χ0n) is 12.0. The molecule has 0 radical (unpaired) electrons. The van der Waals surface area contributed by atoms with Crippen molar-refractivity contribution in [1.29, 1.82) is 0 Å². The number of pyridine rings is 1. The van der Waals surface area contributed by atoms with E-state index in [-0.39, 0.29) is 6.04 Å². The fourth-order valence-electron chi connectivity index (χ4n) is 2.01. The Morgan fingerprint density at radius 3 is 2.95 bits per heavy atom. The zero-order valence-corrected chi connectivity index (χ0v) is 12.7. The van der Waals surface area contributed by atoms with Crippen LogP contribution in [-0.2, 0) is 13.0 Å².